The van der Waals surface area contributed by atoms with Crippen LogP contribution in [0.5, 0.6) is 11.5 Å². The van der Waals surface area contributed by atoms with Gasteiger partial charge in [-0.1, -0.05) is 0 Å². The summed E-state index contributed by atoms with van der Waals surface area (Å²) in [5.41, 5.74) is 2.11. The number of fused-ring (bicyclic) bond motifs is 1. The predicted molar refractivity (Wildman–Crippen MR) is 54.3 cm³/mol. The van der Waals surface area contributed by atoms with Gasteiger partial charge in [0.25, 0.3) is 0 Å². The zero-order valence-corrected chi connectivity index (χ0v) is 9.33. The fourth-order valence-electron chi connectivity index (χ4n) is 1.75. The number of phenols is 2. The molecule has 1 aliphatic heterocycles. The van der Waals surface area contributed by atoms with Gasteiger partial charge in [0.15, 0.2) is 17.7 Å². The highest BCUT2D eigenvalue weighted by atomic mass is 35.5. The summed E-state index contributed by atoms with van der Waals surface area (Å²) in [5, 5.41) is 18.7. The molecule has 0 atom stereocenters. The lowest BCUT2D eigenvalue weighted by atomic mass is 10.0. The molecule has 4 heteroatoms. The second-order valence-electron chi connectivity index (χ2n) is 3.55. The topological polar surface area (TPSA) is 43.5 Å². The molecule has 0 amide bonds. The summed E-state index contributed by atoms with van der Waals surface area (Å²) < 4.78 is 2.19. The second-order valence-corrected chi connectivity index (χ2v) is 3.55. The van der Waals surface area contributed by atoms with Gasteiger partial charge in [0.1, 0.15) is 13.1 Å². The van der Waals surface area contributed by atoms with Crippen molar-refractivity contribution in [1.82, 2.24) is 0 Å². The first kappa shape index (κ1) is 11.9. The summed E-state index contributed by atoms with van der Waals surface area (Å²) in [4.78, 5) is 0. The van der Waals surface area contributed by atoms with Crippen molar-refractivity contribution in [3.63, 3.8) is 0 Å². The summed E-state index contributed by atoms with van der Waals surface area (Å²) in [6.07, 6.45) is 2.95. The Bertz CT molecular complexity index is 402. The van der Waals surface area contributed by atoms with Gasteiger partial charge in [-0.3, -0.25) is 0 Å². The Kier molecular flexibility index (Phi) is 3.58. The van der Waals surface area contributed by atoms with Gasteiger partial charge in [0.2, 0.25) is 0 Å². The van der Waals surface area contributed by atoms with E-state index in [0.717, 1.165) is 30.6 Å². The van der Waals surface area contributed by atoms with Gasteiger partial charge in [0.05, 0.1) is 0 Å². The molecule has 1 aliphatic rings. The van der Waals surface area contributed by atoms with E-state index in [1.54, 1.807) is 12.1 Å². The molecule has 0 radical (unpaired) electrons. The van der Waals surface area contributed by atoms with E-state index in [1.807, 2.05) is 6.21 Å². The fourth-order valence-corrected chi connectivity index (χ4v) is 1.75. The standard InChI is InChI=1S/C11H13NO2.ClH/c1-2-12-4-3-8-5-10(13)11(14)6-9(8)7-12;/h5-7,14H,2-4H2,1H3;1H. The minimum absolute atomic E-state index is 0. The highest BCUT2D eigenvalue weighted by molar-refractivity contribution is 5.80. The van der Waals surface area contributed by atoms with Crippen LogP contribution in [0, 0.1) is 0 Å². The molecule has 1 aromatic carbocycles. The molecule has 0 aliphatic carbocycles. The number of likely N-dealkylation sites (N-methyl/N-ethyl adjacent to an activating group) is 1. The van der Waals surface area contributed by atoms with E-state index < -0.39 is 0 Å². The zero-order chi connectivity index (χ0) is 10.1. The van der Waals surface area contributed by atoms with Crippen LogP contribution in [-0.2, 0) is 6.42 Å². The van der Waals surface area contributed by atoms with Crippen molar-refractivity contribution in [2.75, 3.05) is 13.1 Å². The molecule has 3 nitrogen and oxygen atoms in total. The molecule has 0 saturated carbocycles. The summed E-state index contributed by atoms with van der Waals surface area (Å²) in [5.74, 6) is -0.0694. The van der Waals surface area contributed by atoms with E-state index >= 15 is 0 Å². The quantitative estimate of drug-likeness (QED) is 0.435. The lowest BCUT2D eigenvalue weighted by Gasteiger charge is -2.12. The van der Waals surface area contributed by atoms with Crippen LogP contribution in [0.4, 0.5) is 0 Å². The van der Waals surface area contributed by atoms with Gasteiger partial charge in [-0.2, -0.15) is 0 Å². The second kappa shape index (κ2) is 4.53. The monoisotopic (exact) mass is 227 g/mol. The third-order valence-corrected chi connectivity index (χ3v) is 2.63. The normalized spacial score (nSPS) is 13.8. The van der Waals surface area contributed by atoms with Gasteiger partial charge in [-0.15, -0.1) is 0 Å². The Balaban J connectivity index is 0.00000112. The fraction of sp³-hybridized carbons (Fsp3) is 0.364. The smallest absolute Gasteiger partial charge is 0.171 e. The number of aromatic hydroxyl groups is 2. The summed E-state index contributed by atoms with van der Waals surface area (Å²) >= 11 is 0. The first-order valence-electron chi connectivity index (χ1n) is 4.84. The molecule has 82 valence electrons. The van der Waals surface area contributed by atoms with E-state index in [-0.39, 0.29) is 23.9 Å². The number of halogens is 1. The first-order valence-corrected chi connectivity index (χ1v) is 4.84. The minimum Gasteiger partial charge on any atom is -1.00 e. The van der Waals surface area contributed by atoms with Crippen LogP contribution in [0.1, 0.15) is 18.1 Å². The van der Waals surface area contributed by atoms with E-state index in [2.05, 4.69) is 11.5 Å². The molecule has 0 saturated heterocycles. The van der Waals surface area contributed by atoms with Crippen molar-refractivity contribution < 1.29 is 27.2 Å². The van der Waals surface area contributed by atoms with Crippen LogP contribution in [0.2, 0.25) is 0 Å². The maximum Gasteiger partial charge on any atom is 0.171 e. The van der Waals surface area contributed by atoms with Gasteiger partial charge in [0, 0.05) is 12.0 Å². The number of benzene rings is 1. The number of hydrogen-bond acceptors (Lipinski definition) is 2. The highest BCUT2D eigenvalue weighted by Crippen LogP contribution is 2.28. The Morgan fingerprint density at radius 3 is 2.60 bits per heavy atom. The summed E-state index contributed by atoms with van der Waals surface area (Å²) in [6.45, 7) is 4.05. The third kappa shape index (κ3) is 2.23. The van der Waals surface area contributed by atoms with Crippen molar-refractivity contribution in [3.8, 4) is 11.5 Å². The van der Waals surface area contributed by atoms with E-state index in [9.17, 15) is 10.2 Å². The van der Waals surface area contributed by atoms with Crippen molar-refractivity contribution >= 4 is 6.21 Å². The SMILES string of the molecule is CC[N+]1=Cc2cc(O)c(O)cc2CC1.[Cl-]. The van der Waals surface area contributed by atoms with Gasteiger partial charge in [-0.25, -0.2) is 4.58 Å². The molecule has 1 aromatic rings. The lowest BCUT2D eigenvalue weighted by Crippen LogP contribution is -3.00. The largest absolute Gasteiger partial charge is 1.00 e. The van der Waals surface area contributed by atoms with E-state index in [0.29, 0.717) is 0 Å². The average Bonchev–Trinajstić information content (AvgIpc) is 2.19. The Hall–Kier alpha value is -1.22. The van der Waals surface area contributed by atoms with E-state index in [4.69, 9.17) is 0 Å². The van der Waals surface area contributed by atoms with Crippen LogP contribution in [0.3, 0.4) is 0 Å². The molecule has 2 N–H and O–H groups in total. The van der Waals surface area contributed by atoms with Gasteiger partial charge >= 0.3 is 0 Å². The Labute approximate surface area is 95.1 Å². The number of phenolic OH excluding ortho intramolecular Hbond substituents is 2. The van der Waals surface area contributed by atoms with Crippen molar-refractivity contribution in [2.45, 2.75) is 13.3 Å². The zero-order valence-electron chi connectivity index (χ0n) is 8.57. The number of rotatable bonds is 1. The number of hydrogen-bond donors (Lipinski definition) is 2. The van der Waals surface area contributed by atoms with Crippen molar-refractivity contribution in [3.05, 3.63) is 23.3 Å². The molecule has 0 unspecified atom stereocenters. The van der Waals surface area contributed by atoms with Gasteiger partial charge < -0.3 is 22.6 Å². The van der Waals surface area contributed by atoms with Crippen LogP contribution < -0.4 is 12.4 Å². The molecular formula is C11H14ClNO2. The van der Waals surface area contributed by atoms with E-state index in [1.165, 1.54) is 0 Å². The molecular weight excluding hydrogens is 214 g/mol. The molecule has 15 heavy (non-hydrogen) atoms. The predicted octanol–water partition coefficient (Wildman–Crippen LogP) is -1.89. The minimum atomic E-state index is -0.0436. The third-order valence-electron chi connectivity index (χ3n) is 2.63. The van der Waals surface area contributed by atoms with Crippen LogP contribution in [-0.4, -0.2) is 34.1 Å². The Morgan fingerprint density at radius 1 is 1.27 bits per heavy atom. The summed E-state index contributed by atoms with van der Waals surface area (Å²) in [6, 6.07) is 3.26. The van der Waals surface area contributed by atoms with Crippen LogP contribution in [0.25, 0.3) is 0 Å². The maximum atomic E-state index is 9.35. The average molecular weight is 228 g/mol. The van der Waals surface area contributed by atoms with Gasteiger partial charge in [-0.05, 0) is 24.6 Å². The maximum absolute atomic E-state index is 9.35. The Morgan fingerprint density at radius 2 is 1.93 bits per heavy atom. The van der Waals surface area contributed by atoms with Crippen molar-refractivity contribution in [2.24, 2.45) is 0 Å². The summed E-state index contributed by atoms with van der Waals surface area (Å²) in [7, 11) is 0. The molecule has 1 heterocycles. The molecule has 0 aromatic heterocycles. The molecule has 0 spiro atoms. The van der Waals surface area contributed by atoms with Crippen molar-refractivity contribution in [1.29, 1.82) is 0 Å². The highest BCUT2D eigenvalue weighted by Gasteiger charge is 2.16. The molecule has 2 rings (SSSR count). The first-order chi connectivity index (χ1) is 6.70. The van der Waals surface area contributed by atoms with Crippen LogP contribution >= 0.6 is 0 Å². The number of nitrogens with zero attached hydrogens (tertiary/aromatic N) is 1. The molecule has 0 fully saturated rings. The molecule has 0 bridgehead atoms. The van der Waals surface area contributed by atoms with Crippen LogP contribution in [0.15, 0.2) is 12.1 Å². The lowest BCUT2D eigenvalue weighted by molar-refractivity contribution is -0.520.